The van der Waals surface area contributed by atoms with Gasteiger partial charge in [0, 0.05) is 19.2 Å². The summed E-state index contributed by atoms with van der Waals surface area (Å²) in [7, 11) is 3.07. The van der Waals surface area contributed by atoms with Gasteiger partial charge >= 0.3 is 0 Å². The number of ketones is 1. The largest absolute Gasteiger partial charge is 0.507 e. The van der Waals surface area contributed by atoms with E-state index in [0.717, 1.165) is 25.7 Å². The van der Waals surface area contributed by atoms with Crippen molar-refractivity contribution >= 4 is 17.4 Å². The minimum atomic E-state index is -0.821. The third-order valence-corrected chi connectivity index (χ3v) is 6.21. The highest BCUT2D eigenvalue weighted by Gasteiger charge is 2.46. The Hall–Kier alpha value is -3.52. The van der Waals surface area contributed by atoms with Crippen molar-refractivity contribution in [3.8, 4) is 17.2 Å². The number of aliphatic hydroxyl groups is 1. The van der Waals surface area contributed by atoms with Gasteiger partial charge in [0.1, 0.15) is 11.5 Å². The molecule has 2 aromatic rings. The topological polar surface area (TPSA) is 94.5 Å². The molecule has 1 saturated heterocycles. The minimum absolute atomic E-state index is 0.00788. The first kappa shape index (κ1) is 28.1. The van der Waals surface area contributed by atoms with Crippen molar-refractivity contribution in [1.82, 2.24) is 4.90 Å². The van der Waals surface area contributed by atoms with E-state index in [2.05, 4.69) is 13.8 Å². The average Bonchev–Trinajstić information content (AvgIpc) is 3.17. The Morgan fingerprint density at radius 3 is 2.32 bits per heavy atom. The van der Waals surface area contributed by atoms with Crippen LogP contribution in [-0.4, -0.2) is 62.3 Å². The van der Waals surface area contributed by atoms with E-state index >= 15 is 0 Å². The molecular weight excluding hydrogens is 474 g/mol. The molecule has 0 aromatic heterocycles. The van der Waals surface area contributed by atoms with Crippen LogP contribution in [-0.2, 0) is 14.3 Å². The SMILES string of the molecule is CCCCOc1cccc(C(O)=C2C(=O)C(=O)N(CCOC)C2c2ccc(OCCCC)c(OC)c2)c1. The molecule has 1 unspecified atom stereocenters. The standard InChI is InChI=1S/C29H37NO7/c1-5-7-15-36-22-11-9-10-21(18-22)27(31)25-26(30(14-17-34-3)29(33)28(25)32)20-12-13-23(24(19-20)35-4)37-16-8-6-2/h9-13,18-19,26,31H,5-8,14-17H2,1-4H3. The van der Waals surface area contributed by atoms with Crippen molar-refractivity contribution < 1.29 is 33.6 Å². The fourth-order valence-electron chi connectivity index (χ4n) is 4.17. The van der Waals surface area contributed by atoms with Gasteiger partial charge in [-0.25, -0.2) is 0 Å². The van der Waals surface area contributed by atoms with Crippen LogP contribution >= 0.6 is 0 Å². The summed E-state index contributed by atoms with van der Waals surface area (Å²) in [5, 5.41) is 11.3. The van der Waals surface area contributed by atoms with Gasteiger partial charge in [-0.1, -0.05) is 44.9 Å². The molecule has 1 aliphatic heterocycles. The maximum Gasteiger partial charge on any atom is 0.295 e. The zero-order valence-electron chi connectivity index (χ0n) is 22.1. The number of hydrogen-bond donors (Lipinski definition) is 1. The molecule has 8 heteroatoms. The second kappa shape index (κ2) is 13.7. The Labute approximate surface area is 218 Å². The number of methoxy groups -OCH3 is 2. The summed E-state index contributed by atoms with van der Waals surface area (Å²) in [6.07, 6.45) is 3.81. The van der Waals surface area contributed by atoms with E-state index in [1.807, 2.05) is 0 Å². The first-order chi connectivity index (χ1) is 18.0. The molecule has 1 N–H and O–H groups in total. The summed E-state index contributed by atoms with van der Waals surface area (Å²) < 4.78 is 22.4. The lowest BCUT2D eigenvalue weighted by atomic mass is 9.95. The molecule has 0 bridgehead atoms. The summed E-state index contributed by atoms with van der Waals surface area (Å²) in [6.45, 7) is 5.68. The number of unbranched alkanes of at least 4 members (excludes halogenated alkanes) is 2. The zero-order chi connectivity index (χ0) is 26.8. The Morgan fingerprint density at radius 2 is 1.65 bits per heavy atom. The minimum Gasteiger partial charge on any atom is -0.507 e. The van der Waals surface area contributed by atoms with E-state index in [1.54, 1.807) is 42.5 Å². The Bertz CT molecular complexity index is 1110. The second-order valence-corrected chi connectivity index (χ2v) is 8.83. The van der Waals surface area contributed by atoms with Gasteiger partial charge in [-0.15, -0.1) is 0 Å². The molecule has 0 radical (unpaired) electrons. The van der Waals surface area contributed by atoms with E-state index in [4.69, 9.17) is 18.9 Å². The number of amides is 1. The number of Topliss-reactive ketones (excluding diaryl/α,β-unsaturated/α-hetero) is 1. The van der Waals surface area contributed by atoms with E-state index in [-0.39, 0.29) is 24.5 Å². The molecule has 1 aliphatic rings. The van der Waals surface area contributed by atoms with E-state index in [1.165, 1.54) is 19.1 Å². The maximum atomic E-state index is 13.2. The molecule has 1 amide bonds. The van der Waals surface area contributed by atoms with Crippen LogP contribution in [0.15, 0.2) is 48.0 Å². The van der Waals surface area contributed by atoms with Crippen LogP contribution in [0.3, 0.4) is 0 Å². The number of benzene rings is 2. The third-order valence-electron chi connectivity index (χ3n) is 6.21. The average molecular weight is 512 g/mol. The van der Waals surface area contributed by atoms with Crippen LogP contribution < -0.4 is 14.2 Å². The van der Waals surface area contributed by atoms with E-state index in [0.29, 0.717) is 41.6 Å². The number of nitrogens with zero attached hydrogens (tertiary/aromatic N) is 1. The molecule has 3 rings (SSSR count). The Balaban J connectivity index is 2.06. The van der Waals surface area contributed by atoms with Gasteiger partial charge in [-0.3, -0.25) is 9.59 Å². The summed E-state index contributed by atoms with van der Waals surface area (Å²) >= 11 is 0. The molecule has 37 heavy (non-hydrogen) atoms. The summed E-state index contributed by atoms with van der Waals surface area (Å²) in [5.74, 6) is -0.0635. The first-order valence-electron chi connectivity index (χ1n) is 12.8. The van der Waals surface area contributed by atoms with Crippen LogP contribution in [0, 0.1) is 0 Å². The lowest BCUT2D eigenvalue weighted by Crippen LogP contribution is -2.32. The van der Waals surface area contributed by atoms with Crippen molar-refractivity contribution in [2.75, 3.05) is 40.6 Å². The van der Waals surface area contributed by atoms with Gasteiger partial charge in [0.2, 0.25) is 0 Å². The molecule has 0 saturated carbocycles. The lowest BCUT2D eigenvalue weighted by Gasteiger charge is -2.25. The number of rotatable bonds is 14. The first-order valence-corrected chi connectivity index (χ1v) is 12.8. The van der Waals surface area contributed by atoms with Gasteiger partial charge < -0.3 is 29.0 Å². The highest BCUT2D eigenvalue weighted by atomic mass is 16.5. The number of carbonyl (C=O) groups excluding carboxylic acids is 2. The fraction of sp³-hybridized carbons (Fsp3) is 0.448. The smallest absolute Gasteiger partial charge is 0.295 e. The molecular formula is C29H37NO7. The van der Waals surface area contributed by atoms with Crippen LogP contribution in [0.2, 0.25) is 0 Å². The number of carbonyl (C=O) groups is 2. The molecule has 1 atom stereocenters. The van der Waals surface area contributed by atoms with Crippen molar-refractivity contribution in [2.45, 2.75) is 45.6 Å². The zero-order valence-corrected chi connectivity index (χ0v) is 22.1. The van der Waals surface area contributed by atoms with Crippen molar-refractivity contribution in [3.05, 3.63) is 59.2 Å². The molecule has 2 aromatic carbocycles. The third kappa shape index (κ3) is 6.63. The van der Waals surface area contributed by atoms with Gasteiger partial charge in [0.05, 0.1) is 38.5 Å². The quantitative estimate of drug-likeness (QED) is 0.163. The number of aliphatic hydroxyl groups excluding tert-OH is 1. The van der Waals surface area contributed by atoms with Crippen LogP contribution in [0.5, 0.6) is 17.2 Å². The monoisotopic (exact) mass is 511 g/mol. The van der Waals surface area contributed by atoms with E-state index < -0.39 is 17.7 Å². The van der Waals surface area contributed by atoms with Crippen LogP contribution in [0.25, 0.3) is 5.76 Å². The molecule has 8 nitrogen and oxygen atoms in total. The van der Waals surface area contributed by atoms with Gasteiger partial charge in [0.15, 0.2) is 11.5 Å². The van der Waals surface area contributed by atoms with Crippen molar-refractivity contribution in [2.24, 2.45) is 0 Å². The lowest BCUT2D eigenvalue weighted by molar-refractivity contribution is -0.140. The molecule has 200 valence electrons. The maximum absolute atomic E-state index is 13.2. The molecule has 1 fully saturated rings. The Kier molecular flexibility index (Phi) is 10.4. The van der Waals surface area contributed by atoms with Crippen molar-refractivity contribution in [3.63, 3.8) is 0 Å². The molecule has 0 spiro atoms. The molecule has 1 heterocycles. The number of likely N-dealkylation sites (tertiary alicyclic amines) is 1. The number of ether oxygens (including phenoxy) is 4. The normalized spacial score (nSPS) is 16.8. The predicted octanol–water partition coefficient (Wildman–Crippen LogP) is 5.12. The highest BCUT2D eigenvalue weighted by Crippen LogP contribution is 2.42. The fourth-order valence-corrected chi connectivity index (χ4v) is 4.17. The molecule has 0 aliphatic carbocycles. The predicted molar refractivity (Wildman–Crippen MR) is 141 cm³/mol. The van der Waals surface area contributed by atoms with Crippen molar-refractivity contribution in [1.29, 1.82) is 0 Å². The van der Waals surface area contributed by atoms with Crippen LogP contribution in [0.4, 0.5) is 0 Å². The summed E-state index contributed by atoms with van der Waals surface area (Å²) in [4.78, 5) is 27.7. The summed E-state index contributed by atoms with van der Waals surface area (Å²) in [6, 6.07) is 11.4. The number of hydrogen-bond acceptors (Lipinski definition) is 7. The second-order valence-electron chi connectivity index (χ2n) is 8.83. The summed E-state index contributed by atoms with van der Waals surface area (Å²) in [5.41, 5.74) is 1.02. The van der Waals surface area contributed by atoms with Gasteiger partial charge in [-0.05, 0) is 42.7 Å². The van der Waals surface area contributed by atoms with Gasteiger partial charge in [0.25, 0.3) is 11.7 Å². The van der Waals surface area contributed by atoms with E-state index in [9.17, 15) is 14.7 Å². The van der Waals surface area contributed by atoms with Crippen LogP contribution in [0.1, 0.15) is 56.7 Å². The van der Waals surface area contributed by atoms with Gasteiger partial charge in [-0.2, -0.15) is 0 Å². The Morgan fingerprint density at radius 1 is 0.919 bits per heavy atom. The highest BCUT2D eigenvalue weighted by molar-refractivity contribution is 6.46.